The first-order chi connectivity index (χ1) is 8.47. The summed E-state index contributed by atoms with van der Waals surface area (Å²) in [4.78, 5) is 0.179. The summed E-state index contributed by atoms with van der Waals surface area (Å²) in [6.07, 6.45) is 1.79. The van der Waals surface area contributed by atoms with Gasteiger partial charge in [-0.15, -0.1) is 0 Å². The van der Waals surface area contributed by atoms with Crippen LogP contribution in [0.3, 0.4) is 0 Å². The predicted molar refractivity (Wildman–Crippen MR) is 73.5 cm³/mol. The number of nitrogens with zero attached hydrogens (tertiary/aromatic N) is 2. The van der Waals surface area contributed by atoms with Crippen molar-refractivity contribution in [2.75, 3.05) is 5.32 Å². The van der Waals surface area contributed by atoms with Gasteiger partial charge in [-0.05, 0) is 25.1 Å². The summed E-state index contributed by atoms with van der Waals surface area (Å²) in [6.45, 7) is 1.85. The van der Waals surface area contributed by atoms with Crippen molar-refractivity contribution in [3.63, 3.8) is 0 Å². The van der Waals surface area contributed by atoms with Gasteiger partial charge in [0.25, 0.3) is 0 Å². The lowest BCUT2D eigenvalue weighted by Crippen LogP contribution is -2.09. The van der Waals surface area contributed by atoms with Gasteiger partial charge in [0.2, 0.25) is 0 Å². The molecule has 4 nitrogen and oxygen atoms in total. The molecule has 6 heteroatoms. The highest BCUT2D eigenvalue weighted by Crippen LogP contribution is 2.22. The topological polar surface area (TPSA) is 55.9 Å². The Bertz CT molecular complexity index is 606. The van der Waals surface area contributed by atoms with E-state index in [4.69, 9.17) is 18.0 Å². The van der Waals surface area contributed by atoms with Gasteiger partial charge >= 0.3 is 0 Å². The lowest BCUT2D eigenvalue weighted by Gasteiger charge is -2.07. The van der Waals surface area contributed by atoms with Crippen molar-refractivity contribution in [2.24, 2.45) is 12.8 Å². The summed E-state index contributed by atoms with van der Waals surface area (Å²) in [5, 5.41) is 7.16. The summed E-state index contributed by atoms with van der Waals surface area (Å²) in [7, 11) is 1.81. The fraction of sp³-hybridized carbons (Fsp3) is 0.167. The number of hydrogen-bond acceptors (Lipinski definition) is 3. The zero-order valence-corrected chi connectivity index (χ0v) is 10.9. The molecule has 2 rings (SSSR count). The highest BCUT2D eigenvalue weighted by atomic mass is 32.1. The number of nitrogens with one attached hydrogen (secondary N) is 1. The van der Waals surface area contributed by atoms with Crippen LogP contribution in [0.1, 0.15) is 11.3 Å². The van der Waals surface area contributed by atoms with Gasteiger partial charge in [0.15, 0.2) is 0 Å². The van der Waals surface area contributed by atoms with Crippen molar-refractivity contribution in [3.8, 4) is 0 Å². The number of benzene rings is 1. The highest BCUT2D eigenvalue weighted by Gasteiger charge is 2.08. The second-order valence-corrected chi connectivity index (χ2v) is 4.43. The molecule has 0 aliphatic carbocycles. The van der Waals surface area contributed by atoms with Gasteiger partial charge in [-0.2, -0.15) is 5.10 Å². The normalized spacial score (nSPS) is 10.4. The Hall–Kier alpha value is -1.95. The highest BCUT2D eigenvalue weighted by molar-refractivity contribution is 7.80. The number of aryl methyl sites for hydroxylation is 2. The molecule has 0 bridgehead atoms. The van der Waals surface area contributed by atoms with E-state index in [0.29, 0.717) is 11.3 Å². The van der Waals surface area contributed by atoms with Gasteiger partial charge in [-0.3, -0.25) is 4.68 Å². The van der Waals surface area contributed by atoms with Gasteiger partial charge in [0, 0.05) is 18.8 Å². The van der Waals surface area contributed by atoms with Crippen LogP contribution in [0, 0.1) is 12.7 Å². The van der Waals surface area contributed by atoms with E-state index in [-0.39, 0.29) is 4.99 Å². The van der Waals surface area contributed by atoms with E-state index in [1.165, 1.54) is 6.07 Å². The van der Waals surface area contributed by atoms with Gasteiger partial charge in [-0.25, -0.2) is 4.39 Å². The van der Waals surface area contributed by atoms with Crippen molar-refractivity contribution in [2.45, 2.75) is 6.92 Å². The van der Waals surface area contributed by atoms with Crippen LogP contribution in [0.4, 0.5) is 15.8 Å². The lowest BCUT2D eigenvalue weighted by molar-refractivity contribution is 0.631. The first-order valence-electron chi connectivity index (χ1n) is 5.34. The number of rotatable bonds is 3. The van der Waals surface area contributed by atoms with Crippen molar-refractivity contribution in [1.82, 2.24) is 9.78 Å². The quantitative estimate of drug-likeness (QED) is 0.835. The van der Waals surface area contributed by atoms with Gasteiger partial charge in [0.05, 0.1) is 17.1 Å². The van der Waals surface area contributed by atoms with E-state index in [2.05, 4.69) is 10.4 Å². The summed E-state index contributed by atoms with van der Waals surface area (Å²) in [5.41, 5.74) is 7.89. The number of halogens is 1. The molecule has 0 saturated carbocycles. The van der Waals surface area contributed by atoms with E-state index >= 15 is 0 Å². The van der Waals surface area contributed by atoms with Crippen LogP contribution in [0.25, 0.3) is 0 Å². The van der Waals surface area contributed by atoms with Crippen molar-refractivity contribution < 1.29 is 4.39 Å². The minimum absolute atomic E-state index is 0.179. The maximum absolute atomic E-state index is 13.8. The Labute approximate surface area is 110 Å². The number of thiocarbonyl (C=S) groups is 1. The molecule has 0 amide bonds. The number of nitrogens with two attached hydrogens (primary N) is 1. The van der Waals surface area contributed by atoms with E-state index in [1.807, 2.05) is 14.0 Å². The SMILES string of the molecule is Cc1nn(C)cc1Nc1ccc(C(N)=S)cc1F. The molecular formula is C12H13FN4S. The third kappa shape index (κ3) is 2.48. The van der Waals surface area contributed by atoms with Crippen LogP contribution in [0.5, 0.6) is 0 Å². The second-order valence-electron chi connectivity index (χ2n) is 3.99. The largest absolute Gasteiger partial charge is 0.389 e. The molecule has 0 fully saturated rings. The maximum Gasteiger partial charge on any atom is 0.147 e. The summed E-state index contributed by atoms with van der Waals surface area (Å²) in [5.74, 6) is -0.399. The fourth-order valence-electron chi connectivity index (χ4n) is 1.64. The molecule has 1 aromatic carbocycles. The molecule has 0 atom stereocenters. The van der Waals surface area contributed by atoms with Crippen LogP contribution in [0.15, 0.2) is 24.4 Å². The molecule has 94 valence electrons. The van der Waals surface area contributed by atoms with Crippen molar-refractivity contribution >= 4 is 28.6 Å². The average molecular weight is 264 g/mol. The first-order valence-corrected chi connectivity index (χ1v) is 5.75. The van der Waals surface area contributed by atoms with E-state index < -0.39 is 5.82 Å². The number of aromatic nitrogens is 2. The monoisotopic (exact) mass is 264 g/mol. The Morgan fingerprint density at radius 1 is 1.44 bits per heavy atom. The molecule has 2 aromatic rings. The zero-order valence-electron chi connectivity index (χ0n) is 10.1. The minimum Gasteiger partial charge on any atom is -0.389 e. The Balaban J connectivity index is 2.30. The van der Waals surface area contributed by atoms with Gasteiger partial charge < -0.3 is 11.1 Å². The third-order valence-electron chi connectivity index (χ3n) is 2.54. The first kappa shape index (κ1) is 12.5. The van der Waals surface area contributed by atoms with Crippen molar-refractivity contribution in [3.05, 3.63) is 41.5 Å². The Morgan fingerprint density at radius 2 is 2.17 bits per heavy atom. The molecule has 3 N–H and O–H groups in total. The third-order valence-corrected chi connectivity index (χ3v) is 2.77. The van der Waals surface area contributed by atoms with Crippen LogP contribution < -0.4 is 11.1 Å². The van der Waals surface area contributed by atoms with Gasteiger partial charge in [0.1, 0.15) is 10.8 Å². The molecule has 0 spiro atoms. The molecule has 0 saturated heterocycles. The molecule has 1 heterocycles. The van der Waals surface area contributed by atoms with Crippen molar-refractivity contribution in [1.29, 1.82) is 0 Å². The van der Waals surface area contributed by atoms with Crippen LogP contribution in [-0.2, 0) is 7.05 Å². The maximum atomic E-state index is 13.8. The van der Waals surface area contributed by atoms with Crippen LogP contribution >= 0.6 is 12.2 Å². The standard InChI is InChI=1S/C12H13FN4S/c1-7-11(6-17(2)16-7)15-10-4-3-8(12(14)18)5-9(10)13/h3-6,15H,1-2H3,(H2,14,18). The molecule has 18 heavy (non-hydrogen) atoms. The minimum atomic E-state index is -0.399. The summed E-state index contributed by atoms with van der Waals surface area (Å²) >= 11 is 4.80. The number of anilines is 2. The van der Waals surface area contributed by atoms with Gasteiger partial charge in [-0.1, -0.05) is 12.2 Å². The van der Waals surface area contributed by atoms with Crippen LogP contribution in [0.2, 0.25) is 0 Å². The van der Waals surface area contributed by atoms with E-state index in [9.17, 15) is 4.39 Å². The van der Waals surface area contributed by atoms with E-state index in [0.717, 1.165) is 11.4 Å². The lowest BCUT2D eigenvalue weighted by atomic mass is 10.2. The number of hydrogen-bond donors (Lipinski definition) is 2. The Kier molecular flexibility index (Phi) is 3.29. The molecule has 0 aliphatic heterocycles. The second kappa shape index (κ2) is 4.73. The molecule has 1 aromatic heterocycles. The summed E-state index contributed by atoms with van der Waals surface area (Å²) < 4.78 is 15.5. The van der Waals surface area contributed by atoms with E-state index in [1.54, 1.807) is 23.0 Å². The average Bonchev–Trinajstić information content (AvgIpc) is 2.60. The zero-order chi connectivity index (χ0) is 13.3. The van der Waals surface area contributed by atoms with Crippen LogP contribution in [-0.4, -0.2) is 14.8 Å². The summed E-state index contributed by atoms with van der Waals surface area (Å²) in [6, 6.07) is 4.60. The Morgan fingerprint density at radius 3 is 2.67 bits per heavy atom. The fourth-order valence-corrected chi connectivity index (χ4v) is 1.76. The molecule has 0 aliphatic rings. The smallest absolute Gasteiger partial charge is 0.147 e. The molecule has 0 unspecified atom stereocenters. The predicted octanol–water partition coefficient (Wildman–Crippen LogP) is 2.25. The molecular weight excluding hydrogens is 251 g/mol. The molecule has 0 radical (unpaired) electrons.